The molecule has 0 fully saturated rings. The zero-order valence-corrected chi connectivity index (χ0v) is 13.9. The van der Waals surface area contributed by atoms with Crippen molar-refractivity contribution in [1.29, 1.82) is 0 Å². The Kier molecular flexibility index (Phi) is 4.37. The van der Waals surface area contributed by atoms with Crippen LogP contribution in [0.15, 0.2) is 27.8 Å². The molecule has 1 heterocycles. The second kappa shape index (κ2) is 5.90. The first-order chi connectivity index (χ1) is 9.89. The quantitative estimate of drug-likeness (QED) is 0.846. The van der Waals surface area contributed by atoms with Crippen molar-refractivity contribution < 1.29 is 17.9 Å². The summed E-state index contributed by atoms with van der Waals surface area (Å²) < 4.78 is 38.8. The molecule has 0 spiro atoms. The highest BCUT2D eigenvalue weighted by molar-refractivity contribution is 9.10. The molecule has 0 amide bonds. The predicted octanol–water partition coefficient (Wildman–Crippen LogP) is 1.40. The zero-order valence-electron chi connectivity index (χ0n) is 11.5. The van der Waals surface area contributed by atoms with E-state index < -0.39 is 10.0 Å². The van der Waals surface area contributed by atoms with Gasteiger partial charge in [0.15, 0.2) is 4.60 Å². The van der Waals surface area contributed by atoms with Crippen LogP contribution in [0.1, 0.15) is 0 Å². The number of anilines is 1. The smallest absolute Gasteiger partial charge is 0.282 e. The molecule has 10 heteroatoms. The summed E-state index contributed by atoms with van der Waals surface area (Å²) in [6, 6.07) is 4.79. The fourth-order valence-corrected chi connectivity index (χ4v) is 3.85. The van der Waals surface area contributed by atoms with Gasteiger partial charge in [-0.3, -0.25) is 4.72 Å². The second-order valence-corrected chi connectivity index (χ2v) is 6.33. The molecule has 0 bridgehead atoms. The van der Waals surface area contributed by atoms with Gasteiger partial charge in [0, 0.05) is 13.1 Å². The number of methoxy groups -OCH3 is 2. The lowest BCUT2D eigenvalue weighted by Crippen LogP contribution is -2.17. The number of sulfonamides is 1. The number of benzene rings is 1. The molecule has 1 aromatic carbocycles. The van der Waals surface area contributed by atoms with Crippen LogP contribution < -0.4 is 14.2 Å². The van der Waals surface area contributed by atoms with E-state index in [4.69, 9.17) is 9.47 Å². The number of halogens is 1. The number of nitrogens with one attached hydrogen (secondary N) is 1. The first kappa shape index (κ1) is 15.6. The third-order valence-electron chi connectivity index (χ3n) is 2.64. The third-order valence-corrected chi connectivity index (χ3v) is 4.89. The summed E-state index contributed by atoms with van der Waals surface area (Å²) in [6.07, 6.45) is 0. The third kappa shape index (κ3) is 3.10. The molecule has 0 aliphatic rings. The number of aromatic nitrogens is 3. The lowest BCUT2D eigenvalue weighted by Gasteiger charge is -2.13. The molecule has 0 atom stereocenters. The van der Waals surface area contributed by atoms with Crippen LogP contribution in [0.4, 0.5) is 5.69 Å². The van der Waals surface area contributed by atoms with Crippen LogP contribution in [0.25, 0.3) is 0 Å². The van der Waals surface area contributed by atoms with Crippen molar-refractivity contribution in [1.82, 2.24) is 15.0 Å². The number of nitrogens with zero attached hydrogens (tertiary/aromatic N) is 3. The van der Waals surface area contributed by atoms with Crippen LogP contribution in [0.5, 0.6) is 11.5 Å². The Balaban J connectivity index is 2.46. The molecule has 0 saturated heterocycles. The van der Waals surface area contributed by atoms with E-state index in [1.165, 1.54) is 27.3 Å². The highest BCUT2D eigenvalue weighted by atomic mass is 79.9. The molecule has 0 unspecified atom stereocenters. The van der Waals surface area contributed by atoms with Crippen molar-refractivity contribution in [2.24, 2.45) is 7.05 Å². The Morgan fingerprint density at radius 3 is 2.52 bits per heavy atom. The van der Waals surface area contributed by atoms with E-state index in [1.807, 2.05) is 0 Å². The molecule has 8 nitrogen and oxygen atoms in total. The maximum absolute atomic E-state index is 12.4. The van der Waals surface area contributed by atoms with Crippen molar-refractivity contribution in [2.75, 3.05) is 18.9 Å². The molecule has 2 aromatic rings. The molecule has 0 aliphatic heterocycles. The molecule has 1 aromatic heterocycles. The van der Waals surface area contributed by atoms with Crippen molar-refractivity contribution >= 4 is 31.6 Å². The Morgan fingerprint density at radius 1 is 1.29 bits per heavy atom. The number of hydrogen-bond donors (Lipinski definition) is 1. The molecule has 1 N–H and O–H groups in total. The second-order valence-electron chi connectivity index (χ2n) is 3.98. The predicted molar refractivity (Wildman–Crippen MR) is 79.1 cm³/mol. The van der Waals surface area contributed by atoms with E-state index in [9.17, 15) is 8.42 Å². The van der Waals surface area contributed by atoms with Crippen LogP contribution in [0.2, 0.25) is 0 Å². The van der Waals surface area contributed by atoms with Gasteiger partial charge in [0.2, 0.25) is 5.03 Å². The Hall–Kier alpha value is -1.81. The van der Waals surface area contributed by atoms with Gasteiger partial charge < -0.3 is 9.47 Å². The van der Waals surface area contributed by atoms with Gasteiger partial charge >= 0.3 is 0 Å². The first-order valence-electron chi connectivity index (χ1n) is 5.69. The molecule has 0 radical (unpaired) electrons. The van der Waals surface area contributed by atoms with Crippen LogP contribution >= 0.6 is 15.9 Å². The average molecular weight is 377 g/mol. The number of rotatable bonds is 5. The normalized spacial score (nSPS) is 11.2. The van der Waals surface area contributed by atoms with Gasteiger partial charge in [-0.2, -0.15) is 8.42 Å². The molecule has 21 heavy (non-hydrogen) atoms. The van der Waals surface area contributed by atoms with E-state index in [-0.39, 0.29) is 15.3 Å². The highest BCUT2D eigenvalue weighted by Gasteiger charge is 2.25. The minimum Gasteiger partial charge on any atom is -0.497 e. The number of ether oxygens (including phenoxy) is 2. The molecular weight excluding hydrogens is 364 g/mol. The molecule has 0 saturated carbocycles. The average Bonchev–Trinajstić information content (AvgIpc) is 2.78. The molecule has 114 valence electrons. The lowest BCUT2D eigenvalue weighted by atomic mass is 10.3. The van der Waals surface area contributed by atoms with Gasteiger partial charge in [-0.05, 0) is 28.1 Å². The van der Waals surface area contributed by atoms with Gasteiger partial charge in [0.1, 0.15) is 11.5 Å². The lowest BCUT2D eigenvalue weighted by molar-refractivity contribution is 0.405. The summed E-state index contributed by atoms with van der Waals surface area (Å²) in [6.45, 7) is 0. The van der Waals surface area contributed by atoms with Crippen LogP contribution in [-0.4, -0.2) is 37.6 Å². The SMILES string of the molecule is COc1ccc(OC)c(NS(=O)(=O)c2c(Br)nnn2C)c1. The van der Waals surface area contributed by atoms with Gasteiger partial charge in [0.05, 0.1) is 19.9 Å². The molecule has 2 rings (SSSR count). The Labute approximate surface area is 130 Å². The van der Waals surface area contributed by atoms with Crippen molar-refractivity contribution in [3.8, 4) is 11.5 Å². The van der Waals surface area contributed by atoms with E-state index in [1.54, 1.807) is 12.1 Å². The fourth-order valence-electron chi connectivity index (χ4n) is 1.69. The van der Waals surface area contributed by atoms with E-state index in [0.717, 1.165) is 4.68 Å². The zero-order chi connectivity index (χ0) is 15.6. The van der Waals surface area contributed by atoms with Crippen molar-refractivity contribution in [3.63, 3.8) is 0 Å². The number of hydrogen-bond acceptors (Lipinski definition) is 6. The van der Waals surface area contributed by atoms with Crippen LogP contribution in [0.3, 0.4) is 0 Å². The Bertz CT molecular complexity index is 740. The van der Waals surface area contributed by atoms with E-state index in [2.05, 4.69) is 31.0 Å². The van der Waals surface area contributed by atoms with Gasteiger partial charge in [-0.25, -0.2) is 4.68 Å². The highest BCUT2D eigenvalue weighted by Crippen LogP contribution is 2.31. The largest absolute Gasteiger partial charge is 0.497 e. The standard InChI is InChI=1S/C11H13BrN4O4S/c1-16-11(10(12)13-15-16)21(17,18)14-8-6-7(19-2)4-5-9(8)20-3/h4-6,14H,1-3H3. The monoisotopic (exact) mass is 376 g/mol. The summed E-state index contributed by atoms with van der Waals surface area (Å²) >= 11 is 3.06. The van der Waals surface area contributed by atoms with Crippen molar-refractivity contribution in [3.05, 3.63) is 22.8 Å². The van der Waals surface area contributed by atoms with Gasteiger partial charge in [0.25, 0.3) is 10.0 Å². The minimum atomic E-state index is -3.88. The summed E-state index contributed by atoms with van der Waals surface area (Å²) in [5.74, 6) is 0.862. The molecule has 0 aliphatic carbocycles. The molecular formula is C11H13BrN4O4S. The maximum atomic E-state index is 12.4. The van der Waals surface area contributed by atoms with Crippen LogP contribution in [0, 0.1) is 0 Å². The maximum Gasteiger partial charge on any atom is 0.282 e. The van der Waals surface area contributed by atoms with Crippen molar-refractivity contribution in [2.45, 2.75) is 5.03 Å². The van der Waals surface area contributed by atoms with Gasteiger partial charge in [-0.1, -0.05) is 5.21 Å². The van der Waals surface area contributed by atoms with Crippen LogP contribution in [-0.2, 0) is 17.1 Å². The summed E-state index contributed by atoms with van der Waals surface area (Å²) in [7, 11) is 0.531. The summed E-state index contributed by atoms with van der Waals surface area (Å²) in [5.41, 5.74) is 0.255. The van der Waals surface area contributed by atoms with E-state index in [0.29, 0.717) is 11.5 Å². The van der Waals surface area contributed by atoms with E-state index >= 15 is 0 Å². The topological polar surface area (TPSA) is 95.3 Å². The number of aryl methyl sites for hydroxylation is 1. The Morgan fingerprint density at radius 2 is 2.00 bits per heavy atom. The summed E-state index contributed by atoms with van der Waals surface area (Å²) in [5, 5.41) is 7.21. The van der Waals surface area contributed by atoms with Gasteiger partial charge in [-0.15, -0.1) is 5.10 Å². The fraction of sp³-hybridized carbons (Fsp3) is 0.273. The summed E-state index contributed by atoms with van der Waals surface area (Å²) in [4.78, 5) is 0. The first-order valence-corrected chi connectivity index (χ1v) is 7.96. The minimum absolute atomic E-state index is 0.0904.